The van der Waals surface area contributed by atoms with E-state index in [0.29, 0.717) is 13.1 Å². The molecule has 1 aliphatic heterocycles. The van der Waals surface area contributed by atoms with Gasteiger partial charge in [0.25, 0.3) is 0 Å². The van der Waals surface area contributed by atoms with E-state index in [2.05, 4.69) is 0 Å². The van der Waals surface area contributed by atoms with E-state index < -0.39 is 12.2 Å². The number of aliphatic hydroxyl groups excluding tert-OH is 2. The Morgan fingerprint density at radius 3 is 2.39 bits per heavy atom. The first kappa shape index (κ1) is 13.0. The maximum absolute atomic E-state index is 12.0. The number of nitrogens with zero attached hydrogens (tertiary/aromatic N) is 2. The van der Waals surface area contributed by atoms with Gasteiger partial charge >= 0.3 is 0 Å². The van der Waals surface area contributed by atoms with Gasteiger partial charge in [0.05, 0.1) is 18.8 Å². The third-order valence-electron chi connectivity index (χ3n) is 3.21. The minimum Gasteiger partial charge on any atom is -0.389 e. The standard InChI is InChI=1S/C13H18N2O3/c1-14(10-5-3-2-4-6-10)13(18)9-15-7-11(16)12(17)8-15/h2-6,11-12,16-17H,7-9H2,1H3/t11-,12+. The molecule has 1 aliphatic rings. The van der Waals surface area contributed by atoms with Crippen molar-refractivity contribution in [1.29, 1.82) is 0 Å². The average molecular weight is 250 g/mol. The van der Waals surface area contributed by atoms with Gasteiger partial charge in [0, 0.05) is 25.8 Å². The molecule has 1 amide bonds. The lowest BCUT2D eigenvalue weighted by atomic mass is 10.3. The summed E-state index contributed by atoms with van der Waals surface area (Å²) in [5, 5.41) is 18.8. The number of carbonyl (C=O) groups excluding carboxylic acids is 1. The van der Waals surface area contributed by atoms with Crippen molar-refractivity contribution < 1.29 is 15.0 Å². The number of amides is 1. The number of anilines is 1. The maximum atomic E-state index is 12.0. The lowest BCUT2D eigenvalue weighted by Gasteiger charge is -2.21. The number of hydrogen-bond acceptors (Lipinski definition) is 4. The molecule has 1 saturated heterocycles. The zero-order valence-corrected chi connectivity index (χ0v) is 10.4. The molecule has 0 saturated carbocycles. The summed E-state index contributed by atoms with van der Waals surface area (Å²) in [5.74, 6) is -0.0532. The predicted molar refractivity (Wildman–Crippen MR) is 68.3 cm³/mol. The zero-order valence-electron chi connectivity index (χ0n) is 10.4. The molecule has 1 fully saturated rings. The third-order valence-corrected chi connectivity index (χ3v) is 3.21. The lowest BCUT2D eigenvalue weighted by molar-refractivity contribution is -0.119. The first-order chi connectivity index (χ1) is 8.58. The molecule has 0 radical (unpaired) electrons. The summed E-state index contributed by atoms with van der Waals surface area (Å²) >= 11 is 0. The molecule has 0 aliphatic carbocycles. The van der Waals surface area contributed by atoms with Gasteiger partial charge < -0.3 is 15.1 Å². The van der Waals surface area contributed by atoms with E-state index in [1.165, 1.54) is 0 Å². The summed E-state index contributed by atoms with van der Waals surface area (Å²) in [5.41, 5.74) is 0.836. The molecule has 98 valence electrons. The van der Waals surface area contributed by atoms with E-state index in [0.717, 1.165) is 5.69 Å². The Labute approximate surface area is 106 Å². The van der Waals surface area contributed by atoms with Gasteiger partial charge in [-0.15, -0.1) is 0 Å². The molecule has 1 aromatic rings. The van der Waals surface area contributed by atoms with Gasteiger partial charge in [-0.05, 0) is 12.1 Å². The highest BCUT2D eigenvalue weighted by Crippen LogP contribution is 2.13. The fourth-order valence-electron chi connectivity index (χ4n) is 2.07. The predicted octanol–water partition coefficient (Wildman–Crippen LogP) is -0.313. The highest BCUT2D eigenvalue weighted by atomic mass is 16.3. The number of β-amino-alcohol motifs (C(OH)–C–C–N with tert-alkyl or cyclic N) is 2. The number of likely N-dealkylation sites (N-methyl/N-ethyl adjacent to an activating group) is 1. The van der Waals surface area contributed by atoms with Crippen molar-refractivity contribution in [3.8, 4) is 0 Å². The van der Waals surface area contributed by atoms with Crippen LogP contribution in [0.25, 0.3) is 0 Å². The first-order valence-electron chi connectivity index (χ1n) is 5.98. The fourth-order valence-corrected chi connectivity index (χ4v) is 2.07. The molecular weight excluding hydrogens is 232 g/mol. The Hall–Kier alpha value is -1.43. The van der Waals surface area contributed by atoms with Crippen LogP contribution in [0.2, 0.25) is 0 Å². The quantitative estimate of drug-likeness (QED) is 0.772. The summed E-state index contributed by atoms with van der Waals surface area (Å²) in [6, 6.07) is 9.39. The normalized spacial score (nSPS) is 24.2. The van der Waals surface area contributed by atoms with Crippen molar-refractivity contribution in [3.63, 3.8) is 0 Å². The van der Waals surface area contributed by atoms with Crippen LogP contribution in [0.1, 0.15) is 0 Å². The smallest absolute Gasteiger partial charge is 0.240 e. The van der Waals surface area contributed by atoms with Crippen LogP contribution in [0.15, 0.2) is 30.3 Å². The fraction of sp³-hybridized carbons (Fsp3) is 0.462. The van der Waals surface area contributed by atoms with Gasteiger partial charge in [-0.2, -0.15) is 0 Å². The summed E-state index contributed by atoms with van der Waals surface area (Å²) in [6.07, 6.45) is -1.50. The van der Waals surface area contributed by atoms with E-state index in [9.17, 15) is 15.0 Å². The Morgan fingerprint density at radius 2 is 1.83 bits per heavy atom. The van der Waals surface area contributed by atoms with Crippen LogP contribution in [0.3, 0.4) is 0 Å². The van der Waals surface area contributed by atoms with Crippen molar-refractivity contribution >= 4 is 11.6 Å². The number of carbonyl (C=O) groups is 1. The number of benzene rings is 1. The molecule has 0 aromatic heterocycles. The van der Waals surface area contributed by atoms with Gasteiger partial charge in [-0.3, -0.25) is 9.69 Å². The SMILES string of the molecule is CN(C(=O)CN1C[C@@H](O)[C@@H](O)C1)c1ccccc1. The lowest BCUT2D eigenvalue weighted by Crippen LogP contribution is -2.38. The summed E-state index contributed by atoms with van der Waals surface area (Å²) < 4.78 is 0. The molecule has 18 heavy (non-hydrogen) atoms. The third kappa shape index (κ3) is 2.87. The molecule has 2 rings (SSSR count). The van der Waals surface area contributed by atoms with Gasteiger partial charge in [0.1, 0.15) is 0 Å². The van der Waals surface area contributed by atoms with E-state index in [-0.39, 0.29) is 12.5 Å². The summed E-state index contributed by atoms with van der Waals surface area (Å²) in [7, 11) is 1.72. The number of likely N-dealkylation sites (tertiary alicyclic amines) is 1. The van der Waals surface area contributed by atoms with E-state index in [1.54, 1.807) is 16.8 Å². The molecular formula is C13H18N2O3. The van der Waals surface area contributed by atoms with Gasteiger partial charge in [0.2, 0.25) is 5.91 Å². The Kier molecular flexibility index (Phi) is 3.96. The maximum Gasteiger partial charge on any atom is 0.240 e. The van der Waals surface area contributed by atoms with Crippen molar-refractivity contribution in [3.05, 3.63) is 30.3 Å². The molecule has 5 heteroatoms. The number of hydrogen-bond donors (Lipinski definition) is 2. The van der Waals surface area contributed by atoms with E-state index in [4.69, 9.17) is 0 Å². The number of rotatable bonds is 3. The van der Waals surface area contributed by atoms with Gasteiger partial charge in [0.15, 0.2) is 0 Å². The van der Waals surface area contributed by atoms with E-state index in [1.807, 2.05) is 30.3 Å². The molecule has 0 bridgehead atoms. The van der Waals surface area contributed by atoms with Crippen LogP contribution in [0.5, 0.6) is 0 Å². The topological polar surface area (TPSA) is 64.0 Å². The molecule has 1 heterocycles. The second-order valence-electron chi connectivity index (χ2n) is 4.62. The van der Waals surface area contributed by atoms with Crippen molar-refractivity contribution in [2.24, 2.45) is 0 Å². The van der Waals surface area contributed by atoms with Crippen LogP contribution in [-0.2, 0) is 4.79 Å². The highest BCUT2D eigenvalue weighted by molar-refractivity contribution is 5.94. The van der Waals surface area contributed by atoms with Crippen LogP contribution in [0.4, 0.5) is 5.69 Å². The van der Waals surface area contributed by atoms with Gasteiger partial charge in [-0.1, -0.05) is 18.2 Å². The zero-order chi connectivity index (χ0) is 13.1. The average Bonchev–Trinajstić information content (AvgIpc) is 2.68. The summed E-state index contributed by atoms with van der Waals surface area (Å²) in [6.45, 7) is 0.893. The van der Waals surface area contributed by atoms with Crippen LogP contribution in [-0.4, -0.2) is 59.9 Å². The Morgan fingerprint density at radius 1 is 1.28 bits per heavy atom. The molecule has 5 nitrogen and oxygen atoms in total. The minimum absolute atomic E-state index is 0.0532. The number of para-hydroxylation sites is 1. The Balaban J connectivity index is 1.93. The van der Waals surface area contributed by atoms with Crippen molar-refractivity contribution in [2.75, 3.05) is 31.6 Å². The molecule has 0 spiro atoms. The van der Waals surface area contributed by atoms with Gasteiger partial charge in [-0.25, -0.2) is 0 Å². The largest absolute Gasteiger partial charge is 0.389 e. The highest BCUT2D eigenvalue weighted by Gasteiger charge is 2.31. The van der Waals surface area contributed by atoms with Crippen molar-refractivity contribution in [1.82, 2.24) is 4.90 Å². The second kappa shape index (κ2) is 5.48. The van der Waals surface area contributed by atoms with Crippen molar-refractivity contribution in [2.45, 2.75) is 12.2 Å². The Bertz CT molecular complexity index is 400. The molecule has 2 atom stereocenters. The molecule has 0 unspecified atom stereocenters. The van der Waals surface area contributed by atoms with Crippen LogP contribution in [0, 0.1) is 0 Å². The monoisotopic (exact) mass is 250 g/mol. The first-order valence-corrected chi connectivity index (χ1v) is 5.98. The number of aliphatic hydroxyl groups is 2. The summed E-state index contributed by atoms with van der Waals surface area (Å²) in [4.78, 5) is 15.4. The molecule has 1 aromatic carbocycles. The van der Waals surface area contributed by atoms with Crippen LogP contribution < -0.4 is 4.90 Å². The van der Waals surface area contributed by atoms with E-state index >= 15 is 0 Å². The minimum atomic E-state index is -0.750. The van der Waals surface area contributed by atoms with Crippen LogP contribution >= 0.6 is 0 Å². The second-order valence-corrected chi connectivity index (χ2v) is 4.62. The molecule has 2 N–H and O–H groups in total.